The number of nitrogens with one attached hydrogen (secondary N) is 1. The Morgan fingerprint density at radius 2 is 1.94 bits per heavy atom. The summed E-state index contributed by atoms with van der Waals surface area (Å²) in [7, 11) is 1.66. The topological polar surface area (TPSA) is 50.8 Å². The van der Waals surface area contributed by atoms with Gasteiger partial charge in [0.15, 0.2) is 11.5 Å². The van der Waals surface area contributed by atoms with Crippen LogP contribution in [-0.4, -0.2) is 31.8 Å². The van der Waals surface area contributed by atoms with E-state index in [4.69, 9.17) is 9.47 Å². The van der Waals surface area contributed by atoms with Crippen LogP contribution in [0, 0.1) is 5.92 Å². The van der Waals surface area contributed by atoms with Crippen LogP contribution in [0.2, 0.25) is 0 Å². The van der Waals surface area contributed by atoms with Crippen molar-refractivity contribution >= 4 is 17.7 Å². The molecule has 1 unspecified atom stereocenters. The number of hydrogen-bond donors (Lipinski definition) is 1. The lowest BCUT2D eigenvalue weighted by atomic mass is 9.74. The number of fused-ring (bicyclic) bond motifs is 3. The highest BCUT2D eigenvalue weighted by atomic mass is 16.5. The smallest absolute Gasteiger partial charge is 0.223 e. The standard InChI is InChI=1S/C26H32N2O3/c1-18(2)17-31-22-11-10-19(16-23(22)30-5)12-14-26-25(3,4)20-8-6-7-9-21(20)28(26)15-13-24(29)27-26/h6-12,14,16,18H,13,15,17H2,1-5H3,(H,27,29). The molecule has 2 heterocycles. The molecule has 2 aromatic rings. The number of anilines is 1. The first-order chi connectivity index (χ1) is 14.8. The Balaban J connectivity index is 1.70. The molecule has 1 atom stereocenters. The summed E-state index contributed by atoms with van der Waals surface area (Å²) in [6.07, 6.45) is 4.70. The van der Waals surface area contributed by atoms with Crippen LogP contribution in [-0.2, 0) is 10.2 Å². The summed E-state index contributed by atoms with van der Waals surface area (Å²) >= 11 is 0. The summed E-state index contributed by atoms with van der Waals surface area (Å²) in [5.74, 6) is 1.97. The Morgan fingerprint density at radius 1 is 1.16 bits per heavy atom. The molecule has 0 bridgehead atoms. The summed E-state index contributed by atoms with van der Waals surface area (Å²) in [5, 5.41) is 3.32. The molecule has 1 fully saturated rings. The number of hydrogen-bond acceptors (Lipinski definition) is 4. The molecule has 0 spiro atoms. The van der Waals surface area contributed by atoms with Crippen molar-refractivity contribution in [2.45, 2.75) is 45.2 Å². The molecule has 2 aromatic carbocycles. The minimum atomic E-state index is -0.619. The maximum absolute atomic E-state index is 12.5. The number of carbonyl (C=O) groups is 1. The number of para-hydroxylation sites is 1. The van der Waals surface area contributed by atoms with Crippen LogP contribution in [0.25, 0.3) is 6.08 Å². The average molecular weight is 421 g/mol. The van der Waals surface area contributed by atoms with Crippen LogP contribution in [0.3, 0.4) is 0 Å². The highest BCUT2D eigenvalue weighted by Gasteiger charge is 2.57. The van der Waals surface area contributed by atoms with Crippen molar-refractivity contribution in [2.75, 3.05) is 25.2 Å². The Hall–Kier alpha value is -2.95. The van der Waals surface area contributed by atoms with Crippen molar-refractivity contribution in [1.82, 2.24) is 5.32 Å². The van der Waals surface area contributed by atoms with Gasteiger partial charge in [-0.15, -0.1) is 0 Å². The van der Waals surface area contributed by atoms with Gasteiger partial charge in [-0.2, -0.15) is 0 Å². The summed E-state index contributed by atoms with van der Waals surface area (Å²) in [5.41, 5.74) is 2.52. The second-order valence-electron chi connectivity index (χ2n) is 9.31. The van der Waals surface area contributed by atoms with Crippen LogP contribution < -0.4 is 19.7 Å². The second-order valence-corrected chi connectivity index (χ2v) is 9.31. The van der Waals surface area contributed by atoms with Crippen molar-refractivity contribution in [1.29, 1.82) is 0 Å². The van der Waals surface area contributed by atoms with E-state index in [1.54, 1.807) is 7.11 Å². The van der Waals surface area contributed by atoms with Gasteiger partial charge < -0.3 is 19.7 Å². The third kappa shape index (κ3) is 3.56. The largest absolute Gasteiger partial charge is 0.493 e. The molecule has 5 heteroatoms. The van der Waals surface area contributed by atoms with Gasteiger partial charge in [-0.3, -0.25) is 4.79 Å². The van der Waals surface area contributed by atoms with Crippen LogP contribution in [0.5, 0.6) is 11.5 Å². The quantitative estimate of drug-likeness (QED) is 0.732. The zero-order chi connectivity index (χ0) is 22.2. The summed E-state index contributed by atoms with van der Waals surface area (Å²) < 4.78 is 11.4. The van der Waals surface area contributed by atoms with Gasteiger partial charge in [0.25, 0.3) is 0 Å². The molecule has 0 saturated carbocycles. The average Bonchev–Trinajstić information content (AvgIpc) is 2.95. The lowest BCUT2D eigenvalue weighted by Gasteiger charge is -2.49. The van der Waals surface area contributed by atoms with E-state index in [-0.39, 0.29) is 11.3 Å². The molecule has 1 N–H and O–H groups in total. The van der Waals surface area contributed by atoms with Crippen molar-refractivity contribution in [3.05, 3.63) is 59.7 Å². The molecule has 5 nitrogen and oxygen atoms in total. The molecule has 4 rings (SSSR count). The molecule has 1 saturated heterocycles. The molecule has 0 radical (unpaired) electrons. The van der Waals surface area contributed by atoms with E-state index in [0.29, 0.717) is 31.2 Å². The molecule has 2 aliphatic rings. The van der Waals surface area contributed by atoms with Gasteiger partial charge in [-0.05, 0) is 41.3 Å². The minimum Gasteiger partial charge on any atom is -0.493 e. The van der Waals surface area contributed by atoms with Crippen molar-refractivity contribution in [2.24, 2.45) is 5.92 Å². The number of methoxy groups -OCH3 is 1. The van der Waals surface area contributed by atoms with Gasteiger partial charge in [-0.1, -0.05) is 58.0 Å². The normalized spacial score (nSPS) is 21.7. The predicted molar refractivity (Wildman–Crippen MR) is 125 cm³/mol. The number of carbonyl (C=O) groups excluding carboxylic acids is 1. The zero-order valence-corrected chi connectivity index (χ0v) is 19.1. The lowest BCUT2D eigenvalue weighted by molar-refractivity contribution is -0.124. The fourth-order valence-electron chi connectivity index (χ4n) is 4.70. The molecule has 0 aliphatic carbocycles. The Bertz CT molecular complexity index is 1010. The summed E-state index contributed by atoms with van der Waals surface area (Å²) in [6, 6.07) is 14.4. The highest BCUT2D eigenvalue weighted by Crippen LogP contribution is 2.52. The second kappa shape index (κ2) is 7.95. The van der Waals surface area contributed by atoms with E-state index in [1.807, 2.05) is 18.2 Å². The maximum atomic E-state index is 12.5. The Kier molecular flexibility index (Phi) is 5.46. The Labute approximate surface area is 185 Å². The molecular formula is C26H32N2O3. The first kappa shape index (κ1) is 21.3. The van der Waals surface area contributed by atoms with Gasteiger partial charge in [0.2, 0.25) is 5.91 Å². The number of ether oxygens (including phenoxy) is 2. The monoisotopic (exact) mass is 420 g/mol. The van der Waals surface area contributed by atoms with Crippen molar-refractivity contribution in [3.63, 3.8) is 0 Å². The molecular weight excluding hydrogens is 388 g/mol. The fraction of sp³-hybridized carbons (Fsp3) is 0.423. The van der Waals surface area contributed by atoms with Crippen LogP contribution in [0.4, 0.5) is 5.69 Å². The molecule has 164 valence electrons. The van der Waals surface area contributed by atoms with Gasteiger partial charge in [0.1, 0.15) is 5.66 Å². The third-order valence-electron chi connectivity index (χ3n) is 6.42. The number of amides is 1. The first-order valence-corrected chi connectivity index (χ1v) is 11.0. The van der Waals surface area contributed by atoms with Crippen molar-refractivity contribution in [3.8, 4) is 11.5 Å². The highest BCUT2D eigenvalue weighted by molar-refractivity contribution is 5.84. The van der Waals surface area contributed by atoms with E-state index in [2.05, 4.69) is 74.3 Å². The van der Waals surface area contributed by atoms with E-state index >= 15 is 0 Å². The molecule has 1 amide bonds. The molecule has 2 aliphatic heterocycles. The maximum Gasteiger partial charge on any atom is 0.223 e. The number of nitrogens with zero attached hydrogens (tertiary/aromatic N) is 1. The third-order valence-corrected chi connectivity index (χ3v) is 6.42. The predicted octanol–water partition coefficient (Wildman–Crippen LogP) is 4.76. The van der Waals surface area contributed by atoms with Gasteiger partial charge >= 0.3 is 0 Å². The van der Waals surface area contributed by atoms with Gasteiger partial charge in [-0.25, -0.2) is 0 Å². The number of benzene rings is 2. The van der Waals surface area contributed by atoms with Gasteiger partial charge in [0, 0.05) is 24.1 Å². The van der Waals surface area contributed by atoms with Crippen LogP contribution in [0.15, 0.2) is 48.5 Å². The molecule has 0 aromatic heterocycles. The first-order valence-electron chi connectivity index (χ1n) is 11.0. The summed E-state index contributed by atoms with van der Waals surface area (Å²) in [4.78, 5) is 14.9. The van der Waals surface area contributed by atoms with Crippen LogP contribution in [0.1, 0.15) is 45.2 Å². The Morgan fingerprint density at radius 3 is 2.68 bits per heavy atom. The van der Waals surface area contributed by atoms with E-state index in [1.165, 1.54) is 11.3 Å². The van der Waals surface area contributed by atoms with E-state index < -0.39 is 5.66 Å². The number of rotatable bonds is 6. The lowest BCUT2D eigenvalue weighted by Crippen LogP contribution is -2.68. The fourth-order valence-corrected chi connectivity index (χ4v) is 4.70. The SMILES string of the molecule is COc1cc(C=CC23NC(=O)CCN2c2ccccc2C3(C)C)ccc1OCC(C)C. The summed E-state index contributed by atoms with van der Waals surface area (Å²) in [6.45, 7) is 9.98. The molecule has 31 heavy (non-hydrogen) atoms. The van der Waals surface area contributed by atoms with Gasteiger partial charge in [0.05, 0.1) is 13.7 Å². The van der Waals surface area contributed by atoms with E-state index in [0.717, 1.165) is 11.3 Å². The van der Waals surface area contributed by atoms with E-state index in [9.17, 15) is 4.79 Å². The van der Waals surface area contributed by atoms with Crippen LogP contribution >= 0.6 is 0 Å². The minimum absolute atomic E-state index is 0.0804. The van der Waals surface area contributed by atoms with Crippen molar-refractivity contribution < 1.29 is 14.3 Å². The zero-order valence-electron chi connectivity index (χ0n) is 19.1.